The highest BCUT2D eigenvalue weighted by atomic mass is 35.5. The number of hydrogen-bond donors (Lipinski definition) is 0. The molecule has 1 rings (SSSR count). The third-order valence-corrected chi connectivity index (χ3v) is 2.71. The van der Waals surface area contributed by atoms with Gasteiger partial charge in [0.25, 0.3) is 11.8 Å². The molecule has 0 bridgehead atoms. The topological polar surface area (TPSA) is 57.7 Å². The van der Waals surface area contributed by atoms with Crippen molar-refractivity contribution in [1.82, 2.24) is 8.84 Å². The number of barbiturate groups is 1. The molecule has 0 radical (unpaired) electrons. The van der Waals surface area contributed by atoms with Crippen molar-refractivity contribution in [3.05, 3.63) is 0 Å². The van der Waals surface area contributed by atoms with Crippen LogP contribution in [-0.2, 0) is 9.59 Å². The van der Waals surface area contributed by atoms with Crippen LogP contribution >= 0.6 is 23.6 Å². The van der Waals surface area contributed by atoms with Gasteiger partial charge in [-0.2, -0.15) is 8.84 Å². The summed E-state index contributed by atoms with van der Waals surface area (Å²) in [6.45, 7) is 5.08. The maximum absolute atomic E-state index is 11.6. The highest BCUT2D eigenvalue weighted by Gasteiger charge is 2.50. The summed E-state index contributed by atoms with van der Waals surface area (Å²) in [6, 6.07) is -1.03. The van der Waals surface area contributed by atoms with Gasteiger partial charge in [0.2, 0.25) is 0 Å². The van der Waals surface area contributed by atoms with Gasteiger partial charge in [0.1, 0.15) is 5.92 Å². The molecule has 1 aliphatic rings. The Morgan fingerprint density at radius 3 is 1.60 bits per heavy atom. The molecular formula is C8H10Cl2N2O3. The lowest BCUT2D eigenvalue weighted by Gasteiger charge is -2.35. The average Bonchev–Trinajstić information content (AvgIpc) is 2.09. The lowest BCUT2D eigenvalue weighted by atomic mass is 9.79. The van der Waals surface area contributed by atoms with Gasteiger partial charge < -0.3 is 0 Å². The Morgan fingerprint density at radius 1 is 1.00 bits per heavy atom. The van der Waals surface area contributed by atoms with E-state index in [-0.39, 0.29) is 0 Å². The van der Waals surface area contributed by atoms with Crippen LogP contribution in [0.4, 0.5) is 4.79 Å². The van der Waals surface area contributed by atoms with Crippen molar-refractivity contribution in [2.75, 3.05) is 0 Å². The van der Waals surface area contributed by atoms with Gasteiger partial charge in [-0.3, -0.25) is 9.59 Å². The molecule has 0 atom stereocenters. The molecule has 15 heavy (non-hydrogen) atoms. The molecular weight excluding hydrogens is 243 g/mol. The predicted molar refractivity (Wildman–Crippen MR) is 53.7 cm³/mol. The van der Waals surface area contributed by atoms with E-state index in [0.29, 0.717) is 8.84 Å². The monoisotopic (exact) mass is 252 g/mol. The number of halogens is 2. The van der Waals surface area contributed by atoms with Crippen LogP contribution in [0.15, 0.2) is 0 Å². The molecule has 0 spiro atoms. The molecule has 5 nitrogen and oxygen atoms in total. The van der Waals surface area contributed by atoms with Crippen LogP contribution in [0.3, 0.4) is 0 Å². The largest absolute Gasteiger partial charge is 0.363 e. The summed E-state index contributed by atoms with van der Waals surface area (Å²) in [5.41, 5.74) is -0.644. The minimum Gasteiger partial charge on any atom is -0.272 e. The fraction of sp³-hybridized carbons (Fsp3) is 0.625. The molecule has 0 aromatic rings. The summed E-state index contributed by atoms with van der Waals surface area (Å²) >= 11 is 10.9. The molecule has 1 heterocycles. The van der Waals surface area contributed by atoms with Gasteiger partial charge >= 0.3 is 6.03 Å². The van der Waals surface area contributed by atoms with Crippen molar-refractivity contribution in [3.8, 4) is 0 Å². The first-order chi connectivity index (χ1) is 6.68. The first-order valence-corrected chi connectivity index (χ1v) is 4.89. The molecule has 0 aromatic carbocycles. The second-order valence-corrected chi connectivity index (χ2v) is 5.00. The minimum absolute atomic E-state index is 0.338. The van der Waals surface area contributed by atoms with Crippen LogP contribution < -0.4 is 0 Å². The van der Waals surface area contributed by atoms with Gasteiger partial charge in [-0.1, -0.05) is 20.8 Å². The third kappa shape index (κ3) is 1.94. The lowest BCUT2D eigenvalue weighted by molar-refractivity contribution is -0.147. The van der Waals surface area contributed by atoms with Gasteiger partial charge in [-0.25, -0.2) is 4.79 Å². The van der Waals surface area contributed by atoms with Gasteiger partial charge in [0.05, 0.1) is 0 Å². The Kier molecular flexibility index (Phi) is 2.98. The Labute approximate surface area is 97.1 Å². The number of amides is 4. The third-order valence-electron chi connectivity index (χ3n) is 2.08. The van der Waals surface area contributed by atoms with E-state index in [1.165, 1.54) is 0 Å². The lowest BCUT2D eigenvalue weighted by Crippen LogP contribution is -2.56. The fourth-order valence-corrected chi connectivity index (χ4v) is 1.72. The Balaban J connectivity index is 3.14. The SMILES string of the molecule is CC(C)(C)C1C(=O)N(Cl)C(=O)N(Cl)C1=O. The van der Waals surface area contributed by atoms with E-state index in [4.69, 9.17) is 23.6 Å². The second-order valence-electron chi connectivity index (χ2n) is 4.32. The van der Waals surface area contributed by atoms with Crippen molar-refractivity contribution in [1.29, 1.82) is 0 Å². The molecule has 0 N–H and O–H groups in total. The number of urea groups is 1. The zero-order valence-electron chi connectivity index (χ0n) is 8.45. The van der Waals surface area contributed by atoms with Gasteiger partial charge in [-0.05, 0) is 5.41 Å². The zero-order valence-corrected chi connectivity index (χ0v) is 9.96. The van der Waals surface area contributed by atoms with Crippen molar-refractivity contribution >= 4 is 41.4 Å². The van der Waals surface area contributed by atoms with Crippen LogP contribution in [0.2, 0.25) is 0 Å². The maximum Gasteiger partial charge on any atom is 0.363 e. The number of hydrogen-bond acceptors (Lipinski definition) is 3. The minimum atomic E-state index is -1.04. The van der Waals surface area contributed by atoms with Crippen LogP contribution in [-0.4, -0.2) is 26.7 Å². The Hall–Kier alpha value is -0.810. The average molecular weight is 253 g/mol. The first kappa shape index (κ1) is 12.3. The number of imide groups is 2. The zero-order chi connectivity index (χ0) is 12.0. The summed E-state index contributed by atoms with van der Waals surface area (Å²) in [5.74, 6) is -2.52. The van der Waals surface area contributed by atoms with E-state index in [1.807, 2.05) is 0 Å². The summed E-state index contributed by atoms with van der Waals surface area (Å²) < 4.78 is 0.675. The van der Waals surface area contributed by atoms with E-state index in [0.717, 1.165) is 0 Å². The molecule has 0 aromatic heterocycles. The number of carbonyl (C=O) groups is 3. The Bertz CT molecular complexity index is 313. The van der Waals surface area contributed by atoms with Crippen LogP contribution in [0.5, 0.6) is 0 Å². The molecule has 1 aliphatic heterocycles. The molecule has 0 aliphatic carbocycles. The standard InChI is InChI=1S/C8H10Cl2N2O3/c1-8(2,3)4-5(13)11(9)7(15)12(10)6(4)14/h4H,1-3H3. The second kappa shape index (κ2) is 3.64. The number of carbonyl (C=O) groups excluding carboxylic acids is 3. The van der Waals surface area contributed by atoms with Gasteiger partial charge in [-0.15, -0.1) is 0 Å². The van der Waals surface area contributed by atoms with E-state index < -0.39 is 29.2 Å². The Morgan fingerprint density at radius 2 is 1.33 bits per heavy atom. The maximum atomic E-state index is 11.6. The van der Waals surface area contributed by atoms with Crippen molar-refractivity contribution in [2.45, 2.75) is 20.8 Å². The highest BCUT2D eigenvalue weighted by molar-refractivity contribution is 6.42. The summed E-state index contributed by atoms with van der Waals surface area (Å²) in [7, 11) is 0. The predicted octanol–water partition coefficient (Wildman–Crippen LogP) is 1.75. The van der Waals surface area contributed by atoms with Gasteiger partial charge in [0, 0.05) is 23.6 Å². The van der Waals surface area contributed by atoms with Crippen molar-refractivity contribution < 1.29 is 14.4 Å². The summed E-state index contributed by atoms with van der Waals surface area (Å²) in [4.78, 5) is 34.4. The molecule has 0 unspecified atom stereocenters. The summed E-state index contributed by atoms with van der Waals surface area (Å²) in [5, 5.41) is 0. The number of nitrogens with zero attached hydrogens (tertiary/aromatic N) is 2. The van der Waals surface area contributed by atoms with E-state index in [9.17, 15) is 14.4 Å². The van der Waals surface area contributed by atoms with E-state index in [1.54, 1.807) is 20.8 Å². The molecule has 4 amide bonds. The van der Waals surface area contributed by atoms with E-state index >= 15 is 0 Å². The van der Waals surface area contributed by atoms with Crippen molar-refractivity contribution in [2.24, 2.45) is 11.3 Å². The fourth-order valence-electron chi connectivity index (χ4n) is 1.34. The van der Waals surface area contributed by atoms with Crippen LogP contribution in [0.25, 0.3) is 0 Å². The molecule has 7 heteroatoms. The van der Waals surface area contributed by atoms with Crippen molar-refractivity contribution in [3.63, 3.8) is 0 Å². The first-order valence-electron chi connectivity index (χ1n) is 4.21. The highest BCUT2D eigenvalue weighted by Crippen LogP contribution is 2.34. The van der Waals surface area contributed by atoms with Crippen LogP contribution in [0.1, 0.15) is 20.8 Å². The number of rotatable bonds is 0. The smallest absolute Gasteiger partial charge is 0.272 e. The van der Waals surface area contributed by atoms with E-state index in [2.05, 4.69) is 0 Å². The summed E-state index contributed by atoms with van der Waals surface area (Å²) in [6.07, 6.45) is 0. The van der Waals surface area contributed by atoms with Crippen LogP contribution in [0, 0.1) is 11.3 Å². The molecule has 84 valence electrons. The quantitative estimate of drug-likeness (QED) is 0.488. The normalized spacial score (nSPS) is 20.2. The molecule has 1 fully saturated rings. The molecule has 0 saturated carbocycles. The van der Waals surface area contributed by atoms with Gasteiger partial charge in [0.15, 0.2) is 0 Å². The molecule has 1 saturated heterocycles.